The molecule has 2 saturated heterocycles. The lowest BCUT2D eigenvalue weighted by Gasteiger charge is -2.47. The maximum absolute atomic E-state index is 9.85. The van der Waals surface area contributed by atoms with Crippen LogP contribution in [0, 0.1) is 0 Å². The van der Waals surface area contributed by atoms with Crippen LogP contribution in [0.4, 0.5) is 0 Å². The number of hydrogen-bond donors (Lipinski definition) is 2. The summed E-state index contributed by atoms with van der Waals surface area (Å²) < 4.78 is 10.2. The molecule has 2 heterocycles. The Balaban J connectivity index is 1.51. The number of ether oxygens (including phenoxy) is 2. The van der Waals surface area contributed by atoms with Crippen molar-refractivity contribution in [2.45, 2.75) is 12.1 Å². The third-order valence-electron chi connectivity index (χ3n) is 3.82. The minimum atomic E-state index is -0.388. The molecule has 6 heteroatoms. The maximum atomic E-state index is 9.85. The average Bonchev–Trinajstić information content (AvgIpc) is 2.39. The highest BCUT2D eigenvalue weighted by molar-refractivity contribution is 4.90. The molecule has 0 amide bonds. The zero-order valence-corrected chi connectivity index (χ0v) is 11.9. The molecule has 0 spiro atoms. The van der Waals surface area contributed by atoms with E-state index in [4.69, 9.17) is 9.47 Å². The van der Waals surface area contributed by atoms with Crippen molar-refractivity contribution < 1.29 is 14.6 Å². The molecule has 6 nitrogen and oxygen atoms in total. The Morgan fingerprint density at radius 1 is 1.26 bits per heavy atom. The fraction of sp³-hybridized carbons (Fsp3) is 1.00. The Morgan fingerprint density at radius 2 is 2.00 bits per heavy atom. The summed E-state index contributed by atoms with van der Waals surface area (Å²) in [7, 11) is 1.65. The molecule has 1 unspecified atom stereocenters. The molecule has 2 aliphatic rings. The van der Waals surface area contributed by atoms with Gasteiger partial charge < -0.3 is 19.9 Å². The zero-order valence-electron chi connectivity index (χ0n) is 11.9. The molecule has 19 heavy (non-hydrogen) atoms. The van der Waals surface area contributed by atoms with E-state index in [1.54, 1.807) is 7.11 Å². The Bertz CT molecular complexity index is 243. The lowest BCUT2D eigenvalue weighted by molar-refractivity contribution is -0.0330. The Hall–Kier alpha value is -0.240. The highest BCUT2D eigenvalue weighted by Gasteiger charge is 2.32. The molecule has 1 atom stereocenters. The van der Waals surface area contributed by atoms with E-state index in [9.17, 15) is 5.11 Å². The van der Waals surface area contributed by atoms with Gasteiger partial charge in [-0.05, 0) is 0 Å². The second-order valence-electron chi connectivity index (χ2n) is 5.38. The van der Waals surface area contributed by atoms with E-state index in [1.165, 1.54) is 0 Å². The van der Waals surface area contributed by atoms with E-state index in [-0.39, 0.29) is 6.10 Å². The van der Waals surface area contributed by atoms with E-state index >= 15 is 0 Å². The molecule has 0 saturated carbocycles. The average molecular weight is 273 g/mol. The number of aliphatic hydroxyl groups excluding tert-OH is 1. The van der Waals surface area contributed by atoms with Crippen LogP contribution in [0.25, 0.3) is 0 Å². The van der Waals surface area contributed by atoms with Gasteiger partial charge in [0.25, 0.3) is 0 Å². The van der Waals surface area contributed by atoms with E-state index in [0.29, 0.717) is 25.9 Å². The van der Waals surface area contributed by atoms with E-state index < -0.39 is 0 Å². The molecule has 2 aliphatic heterocycles. The Morgan fingerprint density at radius 3 is 2.68 bits per heavy atom. The van der Waals surface area contributed by atoms with Crippen molar-refractivity contribution >= 4 is 0 Å². The third kappa shape index (κ3) is 4.98. The summed E-state index contributed by atoms with van der Waals surface area (Å²) in [5.74, 6) is 0. The van der Waals surface area contributed by atoms with Crippen molar-refractivity contribution in [2.75, 3.05) is 72.7 Å². The van der Waals surface area contributed by atoms with Gasteiger partial charge in [-0.25, -0.2) is 0 Å². The molecule has 0 bridgehead atoms. The molecular formula is C13H27N3O3. The molecular weight excluding hydrogens is 246 g/mol. The van der Waals surface area contributed by atoms with Gasteiger partial charge in [-0.1, -0.05) is 0 Å². The molecule has 112 valence electrons. The van der Waals surface area contributed by atoms with E-state index in [2.05, 4.69) is 15.1 Å². The normalized spacial score (nSPS) is 24.3. The summed E-state index contributed by atoms with van der Waals surface area (Å²) in [4.78, 5) is 4.85. The molecule has 0 aliphatic carbocycles. The third-order valence-corrected chi connectivity index (χ3v) is 3.82. The summed E-state index contributed by atoms with van der Waals surface area (Å²) in [6.07, 6.45) is -0.388. The first-order chi connectivity index (χ1) is 9.29. The number of nitrogens with one attached hydrogen (secondary N) is 1. The molecule has 0 aromatic carbocycles. The van der Waals surface area contributed by atoms with Crippen molar-refractivity contribution in [3.63, 3.8) is 0 Å². The summed E-state index contributed by atoms with van der Waals surface area (Å²) >= 11 is 0. The summed E-state index contributed by atoms with van der Waals surface area (Å²) in [5, 5.41) is 13.2. The van der Waals surface area contributed by atoms with Crippen molar-refractivity contribution in [3.05, 3.63) is 0 Å². The van der Waals surface area contributed by atoms with Crippen molar-refractivity contribution in [1.82, 2.24) is 15.1 Å². The molecule has 2 rings (SSSR count). The predicted octanol–water partition coefficient (Wildman–Crippen LogP) is -1.40. The van der Waals surface area contributed by atoms with Gasteiger partial charge in [-0.15, -0.1) is 0 Å². The standard InChI is InChI=1S/C13H27N3O3/c1-18-6-7-19-11-13(17)10-15-8-12(9-15)16-4-2-14-3-5-16/h12-14,17H,2-11H2,1H3. The van der Waals surface area contributed by atoms with Crippen molar-refractivity contribution in [2.24, 2.45) is 0 Å². The number of piperazine rings is 1. The first kappa shape index (κ1) is 15.2. The first-order valence-electron chi connectivity index (χ1n) is 7.21. The number of likely N-dealkylation sites (tertiary alicyclic amines) is 1. The largest absolute Gasteiger partial charge is 0.389 e. The van der Waals surface area contributed by atoms with Crippen LogP contribution in [0.15, 0.2) is 0 Å². The monoisotopic (exact) mass is 273 g/mol. The lowest BCUT2D eigenvalue weighted by atomic mass is 10.1. The number of rotatable bonds is 8. The van der Waals surface area contributed by atoms with Gasteiger partial charge in [-0.3, -0.25) is 9.80 Å². The molecule has 0 radical (unpaired) electrons. The predicted molar refractivity (Wildman–Crippen MR) is 73.4 cm³/mol. The fourth-order valence-corrected chi connectivity index (χ4v) is 2.68. The molecule has 0 aromatic heterocycles. The first-order valence-corrected chi connectivity index (χ1v) is 7.21. The van der Waals surface area contributed by atoms with E-state index in [0.717, 1.165) is 45.8 Å². The second-order valence-corrected chi connectivity index (χ2v) is 5.38. The summed E-state index contributed by atoms with van der Waals surface area (Å²) in [5.41, 5.74) is 0. The topological polar surface area (TPSA) is 57.2 Å². The number of aliphatic hydroxyl groups is 1. The second kappa shape index (κ2) is 8.14. The summed E-state index contributed by atoms with van der Waals surface area (Å²) in [6.45, 7) is 8.93. The quantitative estimate of drug-likeness (QED) is 0.531. The smallest absolute Gasteiger partial charge is 0.0900 e. The highest BCUT2D eigenvalue weighted by Crippen LogP contribution is 2.15. The molecule has 2 fully saturated rings. The fourth-order valence-electron chi connectivity index (χ4n) is 2.68. The van der Waals surface area contributed by atoms with Crippen molar-refractivity contribution in [1.29, 1.82) is 0 Å². The van der Waals surface area contributed by atoms with Gasteiger partial charge in [0, 0.05) is 59.0 Å². The van der Waals surface area contributed by atoms with Gasteiger partial charge in [0.05, 0.1) is 25.9 Å². The Kier molecular flexibility index (Phi) is 6.49. The van der Waals surface area contributed by atoms with Crippen LogP contribution in [-0.2, 0) is 9.47 Å². The summed E-state index contributed by atoms with van der Waals surface area (Å²) in [6, 6.07) is 0.684. The minimum Gasteiger partial charge on any atom is -0.389 e. The van der Waals surface area contributed by atoms with Gasteiger partial charge >= 0.3 is 0 Å². The zero-order chi connectivity index (χ0) is 13.5. The minimum absolute atomic E-state index is 0.388. The van der Waals surface area contributed by atoms with Gasteiger partial charge in [0.15, 0.2) is 0 Å². The highest BCUT2D eigenvalue weighted by atomic mass is 16.5. The molecule has 0 aromatic rings. The van der Waals surface area contributed by atoms with E-state index in [1.807, 2.05) is 0 Å². The van der Waals surface area contributed by atoms with Gasteiger partial charge in [0.2, 0.25) is 0 Å². The van der Waals surface area contributed by atoms with Crippen LogP contribution in [0.3, 0.4) is 0 Å². The SMILES string of the molecule is COCCOCC(O)CN1CC(N2CCNCC2)C1. The molecule has 2 N–H and O–H groups in total. The maximum Gasteiger partial charge on any atom is 0.0900 e. The van der Waals surface area contributed by atoms with Crippen LogP contribution in [0.5, 0.6) is 0 Å². The van der Waals surface area contributed by atoms with Gasteiger partial charge in [0.1, 0.15) is 0 Å². The van der Waals surface area contributed by atoms with Crippen molar-refractivity contribution in [3.8, 4) is 0 Å². The van der Waals surface area contributed by atoms with Gasteiger partial charge in [-0.2, -0.15) is 0 Å². The number of methoxy groups -OCH3 is 1. The number of β-amino-alcohol motifs (C(OH)–C–C–N with tert-alkyl or cyclic N) is 1. The van der Waals surface area contributed by atoms with Crippen LogP contribution in [0.2, 0.25) is 0 Å². The number of nitrogens with zero attached hydrogens (tertiary/aromatic N) is 2. The van der Waals surface area contributed by atoms with Crippen LogP contribution >= 0.6 is 0 Å². The van der Waals surface area contributed by atoms with Crippen LogP contribution < -0.4 is 5.32 Å². The lowest BCUT2D eigenvalue weighted by Crippen LogP contribution is -2.63. The Labute approximate surface area is 115 Å². The number of hydrogen-bond acceptors (Lipinski definition) is 6. The van der Waals surface area contributed by atoms with Crippen LogP contribution in [0.1, 0.15) is 0 Å². The van der Waals surface area contributed by atoms with Crippen LogP contribution in [-0.4, -0.2) is 99.8 Å².